The maximum atomic E-state index is 11.8. The van der Waals surface area contributed by atoms with Gasteiger partial charge in [-0.1, -0.05) is 96.8 Å². The Kier molecular flexibility index (Phi) is 16.3. The first kappa shape index (κ1) is 27.3. The van der Waals surface area contributed by atoms with E-state index in [4.69, 9.17) is 9.47 Å². The number of esters is 1. The molecule has 0 bridgehead atoms. The van der Waals surface area contributed by atoms with E-state index in [9.17, 15) is 20.1 Å². The van der Waals surface area contributed by atoms with Crippen LogP contribution in [0.25, 0.3) is 0 Å². The summed E-state index contributed by atoms with van der Waals surface area (Å²) in [4.78, 5) is 11.8. The number of rotatable bonds is 19. The van der Waals surface area contributed by atoms with E-state index >= 15 is 0 Å². The summed E-state index contributed by atoms with van der Waals surface area (Å²) in [6.45, 7) is 2.03. The highest BCUT2D eigenvalue weighted by atomic mass is 16.6. The summed E-state index contributed by atoms with van der Waals surface area (Å²) in [5, 5.41) is 29.0. The number of carbonyl (C=O) groups excluding carboxylic acids is 1. The lowest BCUT2D eigenvalue weighted by molar-refractivity contribution is -0.151. The largest absolute Gasteiger partial charge is 0.463 e. The van der Waals surface area contributed by atoms with Crippen LogP contribution < -0.4 is 0 Å². The van der Waals surface area contributed by atoms with Gasteiger partial charge in [-0.25, -0.2) is 0 Å². The van der Waals surface area contributed by atoms with Crippen LogP contribution in [0.5, 0.6) is 0 Å². The summed E-state index contributed by atoms with van der Waals surface area (Å²) in [6.07, 6.45) is 15.4. The molecule has 178 valence electrons. The molecule has 0 spiro atoms. The molecule has 1 heterocycles. The normalized spacial score (nSPS) is 22.3. The number of unbranched alkanes of at least 4 members (excludes halogenated alkanes) is 14. The van der Waals surface area contributed by atoms with Crippen molar-refractivity contribution in [2.75, 3.05) is 13.2 Å². The minimum absolute atomic E-state index is 0.0179. The molecule has 0 radical (unpaired) electrons. The minimum Gasteiger partial charge on any atom is -0.463 e. The zero-order valence-corrected chi connectivity index (χ0v) is 19.1. The van der Waals surface area contributed by atoms with Gasteiger partial charge in [0.1, 0.15) is 31.0 Å². The zero-order valence-electron chi connectivity index (χ0n) is 19.1. The van der Waals surface area contributed by atoms with Crippen molar-refractivity contribution in [1.29, 1.82) is 0 Å². The summed E-state index contributed by atoms with van der Waals surface area (Å²) >= 11 is 0. The van der Waals surface area contributed by atoms with Gasteiger partial charge in [0.25, 0.3) is 0 Å². The fourth-order valence-electron chi connectivity index (χ4n) is 3.95. The van der Waals surface area contributed by atoms with Crippen LogP contribution in [0.4, 0.5) is 0 Å². The van der Waals surface area contributed by atoms with Crippen LogP contribution in [0.15, 0.2) is 0 Å². The Morgan fingerprint density at radius 2 is 1.33 bits per heavy atom. The van der Waals surface area contributed by atoms with E-state index in [1.807, 2.05) is 0 Å². The second kappa shape index (κ2) is 17.9. The quantitative estimate of drug-likeness (QED) is 0.209. The lowest BCUT2D eigenvalue weighted by atomic mass is 10.0. The van der Waals surface area contributed by atoms with Crippen molar-refractivity contribution in [2.24, 2.45) is 0 Å². The van der Waals surface area contributed by atoms with E-state index in [-0.39, 0.29) is 19.2 Å². The second-order valence-corrected chi connectivity index (χ2v) is 8.81. The van der Waals surface area contributed by atoms with E-state index in [1.165, 1.54) is 77.0 Å². The van der Waals surface area contributed by atoms with E-state index in [2.05, 4.69) is 6.92 Å². The van der Waals surface area contributed by atoms with Gasteiger partial charge in [0.2, 0.25) is 0 Å². The Balaban J connectivity index is 1.83. The Morgan fingerprint density at radius 1 is 0.867 bits per heavy atom. The Labute approximate surface area is 183 Å². The molecule has 30 heavy (non-hydrogen) atoms. The minimum atomic E-state index is -1.14. The van der Waals surface area contributed by atoms with Crippen LogP contribution in [0.3, 0.4) is 0 Å². The van der Waals surface area contributed by atoms with Crippen molar-refractivity contribution in [2.45, 2.75) is 134 Å². The highest BCUT2D eigenvalue weighted by Gasteiger charge is 2.39. The summed E-state index contributed by atoms with van der Waals surface area (Å²) in [5.41, 5.74) is 0. The van der Waals surface area contributed by atoms with Gasteiger partial charge >= 0.3 is 5.97 Å². The zero-order chi connectivity index (χ0) is 22.0. The van der Waals surface area contributed by atoms with Crippen LogP contribution >= 0.6 is 0 Å². The third-order valence-corrected chi connectivity index (χ3v) is 5.97. The SMILES string of the molecule is CCCCCCCCCCCCCCCCCC(=O)OCC(O)C1OCC(O)C1O. The molecule has 6 heteroatoms. The molecular formula is C24H46O6. The monoisotopic (exact) mass is 430 g/mol. The number of hydrogen-bond donors (Lipinski definition) is 3. The van der Waals surface area contributed by atoms with Crippen molar-refractivity contribution in [1.82, 2.24) is 0 Å². The van der Waals surface area contributed by atoms with Gasteiger partial charge in [0, 0.05) is 6.42 Å². The smallest absolute Gasteiger partial charge is 0.305 e. The van der Waals surface area contributed by atoms with Crippen LogP contribution in [-0.2, 0) is 14.3 Å². The van der Waals surface area contributed by atoms with Gasteiger partial charge in [-0.05, 0) is 6.42 Å². The van der Waals surface area contributed by atoms with Gasteiger partial charge in [0.05, 0.1) is 6.61 Å². The summed E-state index contributed by atoms with van der Waals surface area (Å²) in [5.74, 6) is -0.336. The Hall–Kier alpha value is -0.690. The third-order valence-electron chi connectivity index (χ3n) is 5.97. The molecule has 0 aromatic heterocycles. The summed E-state index contributed by atoms with van der Waals surface area (Å²) in [7, 11) is 0. The highest BCUT2D eigenvalue weighted by Crippen LogP contribution is 2.18. The molecule has 4 atom stereocenters. The standard InChI is InChI=1S/C24H46O6/c1-2-3-4-5-6-7-8-9-10-11-12-13-14-15-16-17-22(27)29-19-21(26)24-23(28)20(25)18-30-24/h20-21,23-26,28H,2-19H2,1H3. The average Bonchev–Trinajstić information content (AvgIpc) is 3.07. The molecular weight excluding hydrogens is 384 g/mol. The van der Waals surface area contributed by atoms with E-state index in [0.29, 0.717) is 6.42 Å². The maximum Gasteiger partial charge on any atom is 0.305 e. The molecule has 0 amide bonds. The summed E-state index contributed by atoms with van der Waals surface area (Å²) in [6, 6.07) is 0. The van der Waals surface area contributed by atoms with E-state index in [0.717, 1.165) is 19.3 Å². The first-order chi connectivity index (χ1) is 14.6. The van der Waals surface area contributed by atoms with Gasteiger partial charge in [-0.2, -0.15) is 0 Å². The average molecular weight is 431 g/mol. The molecule has 0 aromatic rings. The number of aliphatic hydroxyl groups is 3. The van der Waals surface area contributed by atoms with Gasteiger partial charge in [-0.15, -0.1) is 0 Å². The molecule has 1 aliphatic rings. The predicted molar refractivity (Wildman–Crippen MR) is 118 cm³/mol. The first-order valence-electron chi connectivity index (χ1n) is 12.4. The summed E-state index contributed by atoms with van der Waals surface area (Å²) < 4.78 is 10.2. The Morgan fingerprint density at radius 3 is 1.77 bits per heavy atom. The van der Waals surface area contributed by atoms with Crippen molar-refractivity contribution in [3.05, 3.63) is 0 Å². The molecule has 1 fully saturated rings. The number of carbonyl (C=O) groups is 1. The number of aliphatic hydroxyl groups excluding tert-OH is 3. The molecule has 0 aliphatic carbocycles. The number of ether oxygens (including phenoxy) is 2. The molecule has 1 rings (SSSR count). The molecule has 4 unspecified atom stereocenters. The highest BCUT2D eigenvalue weighted by molar-refractivity contribution is 5.69. The van der Waals surface area contributed by atoms with E-state index < -0.39 is 24.4 Å². The van der Waals surface area contributed by atoms with Gasteiger partial charge < -0.3 is 24.8 Å². The van der Waals surface area contributed by atoms with Crippen molar-refractivity contribution >= 4 is 5.97 Å². The predicted octanol–water partition coefficient (Wildman–Crippen LogP) is 4.27. The fourth-order valence-corrected chi connectivity index (χ4v) is 3.95. The van der Waals surface area contributed by atoms with Crippen molar-refractivity contribution in [3.63, 3.8) is 0 Å². The Bertz CT molecular complexity index is 417. The third kappa shape index (κ3) is 12.9. The van der Waals surface area contributed by atoms with Gasteiger partial charge in [0.15, 0.2) is 0 Å². The second-order valence-electron chi connectivity index (χ2n) is 8.81. The van der Waals surface area contributed by atoms with Crippen molar-refractivity contribution in [3.8, 4) is 0 Å². The molecule has 3 N–H and O–H groups in total. The molecule has 0 aromatic carbocycles. The first-order valence-corrected chi connectivity index (χ1v) is 12.4. The fraction of sp³-hybridized carbons (Fsp3) is 0.958. The lowest BCUT2D eigenvalue weighted by Crippen LogP contribution is -2.41. The van der Waals surface area contributed by atoms with Crippen molar-refractivity contribution < 1.29 is 29.6 Å². The lowest BCUT2D eigenvalue weighted by Gasteiger charge is -2.20. The van der Waals surface area contributed by atoms with Crippen LogP contribution in [0, 0.1) is 0 Å². The molecule has 6 nitrogen and oxygen atoms in total. The van der Waals surface area contributed by atoms with Crippen LogP contribution in [0.1, 0.15) is 110 Å². The van der Waals surface area contributed by atoms with Gasteiger partial charge in [-0.3, -0.25) is 4.79 Å². The molecule has 1 saturated heterocycles. The molecule has 1 aliphatic heterocycles. The van der Waals surface area contributed by atoms with Crippen LogP contribution in [0.2, 0.25) is 0 Å². The van der Waals surface area contributed by atoms with E-state index in [1.54, 1.807) is 0 Å². The van der Waals surface area contributed by atoms with Crippen LogP contribution in [-0.4, -0.2) is 58.9 Å². The number of hydrogen-bond acceptors (Lipinski definition) is 6. The molecule has 0 saturated carbocycles. The topological polar surface area (TPSA) is 96.2 Å². The maximum absolute atomic E-state index is 11.8.